The first kappa shape index (κ1) is 18.6. The van der Waals surface area contributed by atoms with Crippen LogP contribution in [0.5, 0.6) is 0 Å². The number of hydrogen-bond donors (Lipinski definition) is 0. The molecule has 2 aromatic carbocycles. The summed E-state index contributed by atoms with van der Waals surface area (Å²) in [7, 11) is -2.87. The summed E-state index contributed by atoms with van der Waals surface area (Å²) in [5.41, 5.74) is 2.02. The van der Waals surface area contributed by atoms with Gasteiger partial charge in [-0.15, -0.1) is 0 Å². The molecule has 0 saturated heterocycles. The minimum Gasteiger partial charge on any atom is -0.309 e. The van der Waals surface area contributed by atoms with Crippen molar-refractivity contribution in [2.24, 2.45) is 23.2 Å². The molecule has 2 aromatic rings. The normalized spacial score (nSPS) is 28.2. The molecule has 0 heterocycles. The Hall–Kier alpha value is -1.37. The highest BCUT2D eigenvalue weighted by Gasteiger charge is 2.56. The average molecular weight is 453 g/mol. The van der Waals surface area contributed by atoms with E-state index in [0.717, 1.165) is 28.3 Å². The van der Waals surface area contributed by atoms with Crippen molar-refractivity contribution >= 4 is 33.7 Å². The largest absolute Gasteiger partial charge is 0.309 e. The van der Waals surface area contributed by atoms with Gasteiger partial charge in [0.25, 0.3) is 0 Å². The summed E-state index contributed by atoms with van der Waals surface area (Å²) < 4.78 is 16.0. The SMILES string of the molecule is CC1(C)[C@H]2C[C@H]3C(=CCC(P(=O)(c4ccccc4)c4ccccc4)=C3Br)[C@@H]1C2. The first-order chi connectivity index (χ1) is 13.4. The van der Waals surface area contributed by atoms with Gasteiger partial charge in [0, 0.05) is 26.3 Å². The number of allylic oxidation sites excluding steroid dienone is 4. The molecule has 144 valence electrons. The number of halogens is 1. The maximum Gasteiger partial charge on any atom is 0.168 e. The third-order valence-corrected chi connectivity index (χ3v) is 12.1. The minimum absolute atomic E-state index is 0.418. The van der Waals surface area contributed by atoms with Crippen LogP contribution in [0.1, 0.15) is 33.1 Å². The van der Waals surface area contributed by atoms with E-state index in [2.05, 4.69) is 35.9 Å². The molecule has 3 heteroatoms. The van der Waals surface area contributed by atoms with Gasteiger partial charge >= 0.3 is 0 Å². The lowest BCUT2D eigenvalue weighted by Gasteiger charge is -2.61. The summed E-state index contributed by atoms with van der Waals surface area (Å²) in [6.45, 7) is 4.85. The van der Waals surface area contributed by atoms with Crippen molar-refractivity contribution in [2.45, 2.75) is 33.1 Å². The van der Waals surface area contributed by atoms with Gasteiger partial charge < -0.3 is 4.57 Å². The van der Waals surface area contributed by atoms with Crippen LogP contribution in [-0.2, 0) is 4.57 Å². The summed E-state index contributed by atoms with van der Waals surface area (Å²) in [6, 6.07) is 20.1. The van der Waals surface area contributed by atoms with Crippen molar-refractivity contribution in [2.75, 3.05) is 0 Å². The highest BCUT2D eigenvalue weighted by Crippen LogP contribution is 2.68. The third kappa shape index (κ3) is 2.54. The molecule has 28 heavy (non-hydrogen) atoms. The fourth-order valence-corrected chi connectivity index (χ4v) is 9.98. The molecule has 4 aliphatic rings. The van der Waals surface area contributed by atoms with E-state index in [1.54, 1.807) is 5.57 Å². The maximum absolute atomic E-state index is 14.8. The fourth-order valence-electron chi connectivity index (χ4n) is 5.71. The molecular formula is C25H26BrOP. The predicted molar refractivity (Wildman–Crippen MR) is 122 cm³/mol. The van der Waals surface area contributed by atoms with Crippen LogP contribution in [0.15, 0.2) is 82.1 Å². The Bertz CT molecular complexity index is 976. The van der Waals surface area contributed by atoms with E-state index in [1.165, 1.54) is 17.3 Å². The topological polar surface area (TPSA) is 17.1 Å². The molecule has 3 fully saturated rings. The second-order valence-electron chi connectivity index (χ2n) is 9.08. The molecule has 3 saturated carbocycles. The molecule has 0 spiro atoms. The summed E-state index contributed by atoms with van der Waals surface area (Å²) in [6.07, 6.45) is 5.72. The van der Waals surface area contributed by atoms with Gasteiger partial charge in [0.05, 0.1) is 0 Å². The standard InChI is InChI=1S/C25H26BrOP/c1-25(2)17-15-21-20(22(25)16-17)13-14-23(24(21)26)28(27,18-9-5-3-6-10-18)19-11-7-4-8-12-19/h3-13,17,21-22H,14-16H2,1-2H3/t17-,21-,22-/m0/s1. The van der Waals surface area contributed by atoms with Gasteiger partial charge in [-0.3, -0.25) is 0 Å². The van der Waals surface area contributed by atoms with Crippen molar-refractivity contribution in [3.05, 3.63) is 82.1 Å². The van der Waals surface area contributed by atoms with Crippen LogP contribution in [0.25, 0.3) is 0 Å². The first-order valence-corrected chi connectivity index (χ1v) is 12.7. The van der Waals surface area contributed by atoms with Crippen molar-refractivity contribution in [1.29, 1.82) is 0 Å². The van der Waals surface area contributed by atoms with Gasteiger partial charge in [0.15, 0.2) is 7.14 Å². The average Bonchev–Trinajstić information content (AvgIpc) is 2.74. The zero-order valence-corrected chi connectivity index (χ0v) is 18.9. The van der Waals surface area contributed by atoms with Crippen LogP contribution in [0, 0.1) is 23.2 Å². The van der Waals surface area contributed by atoms with Crippen LogP contribution in [0.3, 0.4) is 0 Å². The van der Waals surface area contributed by atoms with E-state index in [-0.39, 0.29) is 0 Å². The molecule has 0 amide bonds. The third-order valence-electron chi connectivity index (χ3n) is 7.53. The lowest BCUT2D eigenvalue weighted by Crippen LogP contribution is -2.52. The second kappa shape index (κ2) is 6.57. The Morgan fingerprint density at radius 1 is 0.929 bits per heavy atom. The highest BCUT2D eigenvalue weighted by atomic mass is 79.9. The molecule has 1 nitrogen and oxygen atoms in total. The molecule has 0 unspecified atom stereocenters. The van der Waals surface area contributed by atoms with Gasteiger partial charge in [-0.25, -0.2) is 0 Å². The quantitative estimate of drug-likeness (QED) is 0.377. The molecule has 0 radical (unpaired) electrons. The monoisotopic (exact) mass is 452 g/mol. The molecule has 6 rings (SSSR count). The Kier molecular flexibility index (Phi) is 4.38. The van der Waals surface area contributed by atoms with E-state index in [1.807, 2.05) is 60.7 Å². The second-order valence-corrected chi connectivity index (χ2v) is 12.7. The predicted octanol–water partition coefficient (Wildman–Crippen LogP) is 6.62. The Balaban J connectivity index is 1.64. The van der Waals surface area contributed by atoms with E-state index >= 15 is 0 Å². The summed E-state index contributed by atoms with van der Waals surface area (Å²) in [4.78, 5) is 0. The number of rotatable bonds is 3. The van der Waals surface area contributed by atoms with Crippen LogP contribution in [0.4, 0.5) is 0 Å². The van der Waals surface area contributed by atoms with Crippen LogP contribution < -0.4 is 10.6 Å². The molecule has 0 aliphatic heterocycles. The van der Waals surface area contributed by atoms with Crippen LogP contribution in [0.2, 0.25) is 0 Å². The lowest BCUT2D eigenvalue weighted by atomic mass is 9.44. The molecule has 4 aliphatic carbocycles. The van der Waals surface area contributed by atoms with Gasteiger partial charge in [-0.1, -0.05) is 102 Å². The van der Waals surface area contributed by atoms with E-state index in [4.69, 9.17) is 0 Å². The van der Waals surface area contributed by atoms with Gasteiger partial charge in [-0.2, -0.15) is 0 Å². The molecule has 0 aromatic heterocycles. The molecule has 0 N–H and O–H groups in total. The fraction of sp³-hybridized carbons (Fsp3) is 0.360. The van der Waals surface area contributed by atoms with E-state index in [9.17, 15) is 4.57 Å². The van der Waals surface area contributed by atoms with Gasteiger partial charge in [0.2, 0.25) is 0 Å². The van der Waals surface area contributed by atoms with Crippen molar-refractivity contribution < 1.29 is 4.57 Å². The zero-order valence-electron chi connectivity index (χ0n) is 16.4. The Morgan fingerprint density at radius 2 is 1.50 bits per heavy atom. The van der Waals surface area contributed by atoms with E-state index in [0.29, 0.717) is 17.3 Å². The Labute approximate surface area is 176 Å². The highest BCUT2D eigenvalue weighted by molar-refractivity contribution is 9.11. The molecular weight excluding hydrogens is 427 g/mol. The summed E-state index contributed by atoms with van der Waals surface area (Å²) >= 11 is 3.98. The van der Waals surface area contributed by atoms with Gasteiger partial charge in [0.1, 0.15) is 0 Å². The summed E-state index contributed by atoms with van der Waals surface area (Å²) in [5.74, 6) is 1.89. The van der Waals surface area contributed by atoms with Crippen LogP contribution >= 0.6 is 23.1 Å². The van der Waals surface area contributed by atoms with Gasteiger partial charge in [-0.05, 0) is 36.5 Å². The molecule has 2 bridgehead atoms. The maximum atomic E-state index is 14.8. The smallest absolute Gasteiger partial charge is 0.168 e. The van der Waals surface area contributed by atoms with E-state index < -0.39 is 7.14 Å². The number of benzene rings is 2. The first-order valence-electron chi connectivity index (χ1n) is 10.2. The van der Waals surface area contributed by atoms with Crippen molar-refractivity contribution in [1.82, 2.24) is 0 Å². The Morgan fingerprint density at radius 3 is 2.04 bits per heavy atom. The minimum atomic E-state index is -2.87. The van der Waals surface area contributed by atoms with Crippen LogP contribution in [-0.4, -0.2) is 0 Å². The lowest BCUT2D eigenvalue weighted by molar-refractivity contribution is -0.0411. The summed E-state index contributed by atoms with van der Waals surface area (Å²) in [5, 5.41) is 2.97. The van der Waals surface area contributed by atoms with Crippen molar-refractivity contribution in [3.8, 4) is 0 Å². The molecule has 3 atom stereocenters. The zero-order chi connectivity index (χ0) is 19.5. The number of hydrogen-bond acceptors (Lipinski definition) is 1. The van der Waals surface area contributed by atoms with Crippen molar-refractivity contribution in [3.63, 3.8) is 0 Å².